The largest absolute Gasteiger partial charge is 0.330 e. The molecule has 4 heteroatoms. The Morgan fingerprint density at radius 3 is 2.50 bits per heavy atom. The van der Waals surface area contributed by atoms with Crippen molar-refractivity contribution < 1.29 is 8.78 Å². The minimum Gasteiger partial charge on any atom is -0.330 e. The normalized spacial score (nSPS) is 24.3. The van der Waals surface area contributed by atoms with Crippen molar-refractivity contribution in [2.45, 2.75) is 45.2 Å². The van der Waals surface area contributed by atoms with E-state index < -0.39 is 11.6 Å². The van der Waals surface area contributed by atoms with Crippen molar-refractivity contribution in [3.63, 3.8) is 0 Å². The fourth-order valence-corrected chi connectivity index (χ4v) is 3.60. The molecule has 1 aliphatic rings. The van der Waals surface area contributed by atoms with E-state index in [1.165, 1.54) is 18.2 Å². The lowest BCUT2D eigenvalue weighted by Crippen LogP contribution is -2.42. The molecule has 112 valence electrons. The average molecular weight is 282 g/mol. The predicted molar refractivity (Wildman–Crippen MR) is 77.3 cm³/mol. The second-order valence-corrected chi connectivity index (χ2v) is 5.64. The number of nitrogens with zero attached hydrogens (tertiary/aromatic N) is 1. The van der Waals surface area contributed by atoms with Gasteiger partial charge in [0.1, 0.15) is 11.6 Å². The lowest BCUT2D eigenvalue weighted by molar-refractivity contribution is 0.119. The van der Waals surface area contributed by atoms with E-state index >= 15 is 0 Å². The van der Waals surface area contributed by atoms with E-state index in [-0.39, 0.29) is 11.6 Å². The van der Waals surface area contributed by atoms with Gasteiger partial charge in [0.2, 0.25) is 0 Å². The first-order valence-corrected chi connectivity index (χ1v) is 7.49. The minimum atomic E-state index is -0.460. The highest BCUT2D eigenvalue weighted by Gasteiger charge is 2.34. The van der Waals surface area contributed by atoms with Crippen LogP contribution in [0.4, 0.5) is 8.78 Å². The van der Waals surface area contributed by atoms with Crippen molar-refractivity contribution in [2.75, 3.05) is 13.1 Å². The van der Waals surface area contributed by atoms with Crippen LogP contribution in [-0.4, -0.2) is 24.0 Å². The van der Waals surface area contributed by atoms with Gasteiger partial charge < -0.3 is 5.73 Å². The highest BCUT2D eigenvalue weighted by Crippen LogP contribution is 2.35. The molecule has 3 atom stereocenters. The molecular weight excluding hydrogens is 258 g/mol. The van der Waals surface area contributed by atoms with Crippen molar-refractivity contribution >= 4 is 0 Å². The van der Waals surface area contributed by atoms with Crippen LogP contribution in [0.1, 0.15) is 44.7 Å². The summed E-state index contributed by atoms with van der Waals surface area (Å²) in [5.41, 5.74) is 6.02. The van der Waals surface area contributed by atoms with Gasteiger partial charge in [-0.2, -0.15) is 0 Å². The Morgan fingerprint density at radius 1 is 1.30 bits per heavy atom. The van der Waals surface area contributed by atoms with E-state index in [9.17, 15) is 8.78 Å². The van der Waals surface area contributed by atoms with Gasteiger partial charge in [-0.25, -0.2) is 8.78 Å². The fraction of sp³-hybridized carbons (Fsp3) is 0.625. The van der Waals surface area contributed by atoms with E-state index in [4.69, 9.17) is 5.73 Å². The third-order valence-corrected chi connectivity index (χ3v) is 4.63. The molecule has 0 bridgehead atoms. The van der Waals surface area contributed by atoms with Gasteiger partial charge in [-0.15, -0.1) is 0 Å². The number of nitrogens with two attached hydrogens (primary N) is 1. The van der Waals surface area contributed by atoms with E-state index in [2.05, 4.69) is 4.90 Å². The van der Waals surface area contributed by atoms with Gasteiger partial charge in [0.05, 0.1) is 0 Å². The second-order valence-electron chi connectivity index (χ2n) is 5.64. The van der Waals surface area contributed by atoms with Crippen LogP contribution in [0.15, 0.2) is 18.2 Å². The summed E-state index contributed by atoms with van der Waals surface area (Å²) in [6.45, 7) is 5.35. The quantitative estimate of drug-likeness (QED) is 0.896. The van der Waals surface area contributed by atoms with Gasteiger partial charge in [-0.05, 0) is 50.9 Å². The Kier molecular flexibility index (Phi) is 5.11. The molecule has 2 N–H and O–H groups in total. The highest BCUT2D eigenvalue weighted by molar-refractivity contribution is 5.23. The zero-order valence-electron chi connectivity index (χ0n) is 12.3. The third kappa shape index (κ3) is 2.86. The van der Waals surface area contributed by atoms with Gasteiger partial charge in [0.25, 0.3) is 0 Å². The Bertz CT molecular complexity index is 430. The molecule has 1 aromatic carbocycles. The van der Waals surface area contributed by atoms with E-state index in [1.807, 2.05) is 13.8 Å². The van der Waals surface area contributed by atoms with Crippen molar-refractivity contribution in [1.29, 1.82) is 0 Å². The smallest absolute Gasteiger partial charge is 0.130 e. The first-order chi connectivity index (χ1) is 9.60. The summed E-state index contributed by atoms with van der Waals surface area (Å²) < 4.78 is 27.9. The monoisotopic (exact) mass is 282 g/mol. The molecule has 1 aliphatic carbocycles. The zero-order valence-corrected chi connectivity index (χ0v) is 12.3. The topological polar surface area (TPSA) is 29.3 Å². The molecule has 1 aromatic rings. The molecule has 0 aromatic heterocycles. The molecule has 0 radical (unpaired) electrons. The highest BCUT2D eigenvalue weighted by atomic mass is 19.1. The van der Waals surface area contributed by atoms with Gasteiger partial charge in [0, 0.05) is 17.6 Å². The molecule has 0 heterocycles. The van der Waals surface area contributed by atoms with Crippen molar-refractivity contribution in [2.24, 2.45) is 11.7 Å². The van der Waals surface area contributed by atoms with Crippen LogP contribution in [0.3, 0.4) is 0 Å². The molecule has 3 unspecified atom stereocenters. The molecule has 1 saturated carbocycles. The van der Waals surface area contributed by atoms with Crippen LogP contribution in [0.5, 0.6) is 0 Å². The number of benzene rings is 1. The van der Waals surface area contributed by atoms with Gasteiger partial charge in [-0.1, -0.05) is 19.4 Å². The maximum Gasteiger partial charge on any atom is 0.130 e. The number of hydrogen-bond donors (Lipinski definition) is 1. The second kappa shape index (κ2) is 6.64. The first-order valence-electron chi connectivity index (χ1n) is 7.49. The Morgan fingerprint density at radius 2 is 1.95 bits per heavy atom. The van der Waals surface area contributed by atoms with Crippen LogP contribution in [0.2, 0.25) is 0 Å². The predicted octanol–water partition coefficient (Wildman–Crippen LogP) is 3.48. The summed E-state index contributed by atoms with van der Waals surface area (Å²) in [4.78, 5) is 2.20. The molecule has 0 saturated heterocycles. The van der Waals surface area contributed by atoms with Crippen molar-refractivity contribution in [3.05, 3.63) is 35.4 Å². The standard InChI is InChI=1S/C16H24F2N2/c1-3-20(15-9-4-6-12(15)10-19)11(2)16-13(17)7-5-8-14(16)18/h5,7-8,11-12,15H,3-4,6,9-10,19H2,1-2H3. The average Bonchev–Trinajstić information content (AvgIpc) is 2.87. The van der Waals surface area contributed by atoms with E-state index in [0.29, 0.717) is 18.5 Å². The van der Waals surface area contributed by atoms with Crippen LogP contribution < -0.4 is 5.73 Å². The molecule has 2 rings (SSSR count). The lowest BCUT2D eigenvalue weighted by Gasteiger charge is -2.37. The third-order valence-electron chi connectivity index (χ3n) is 4.63. The van der Waals surface area contributed by atoms with Crippen LogP contribution in [0.25, 0.3) is 0 Å². The molecular formula is C16H24F2N2. The maximum absolute atomic E-state index is 14.0. The molecule has 20 heavy (non-hydrogen) atoms. The summed E-state index contributed by atoms with van der Waals surface area (Å²) in [6, 6.07) is 4.14. The maximum atomic E-state index is 14.0. The number of rotatable bonds is 5. The van der Waals surface area contributed by atoms with Crippen LogP contribution in [-0.2, 0) is 0 Å². The number of hydrogen-bond acceptors (Lipinski definition) is 2. The first kappa shape index (κ1) is 15.4. The Labute approximate surface area is 120 Å². The summed E-state index contributed by atoms with van der Waals surface area (Å²) in [5, 5.41) is 0. The molecule has 1 fully saturated rings. The van der Waals surface area contributed by atoms with Crippen molar-refractivity contribution in [1.82, 2.24) is 4.90 Å². The van der Waals surface area contributed by atoms with Gasteiger partial charge in [0.15, 0.2) is 0 Å². The number of halogens is 2. The molecule has 0 spiro atoms. The molecule has 0 aliphatic heterocycles. The fourth-order valence-electron chi connectivity index (χ4n) is 3.60. The molecule has 2 nitrogen and oxygen atoms in total. The summed E-state index contributed by atoms with van der Waals surface area (Å²) >= 11 is 0. The summed E-state index contributed by atoms with van der Waals surface area (Å²) in [5.74, 6) is -0.483. The lowest BCUT2D eigenvalue weighted by atomic mass is 9.97. The zero-order chi connectivity index (χ0) is 14.7. The van der Waals surface area contributed by atoms with Crippen molar-refractivity contribution in [3.8, 4) is 0 Å². The minimum absolute atomic E-state index is 0.178. The SMILES string of the molecule is CCN(C(C)c1c(F)cccc1F)C1CCCC1CN. The Balaban J connectivity index is 2.27. The molecule has 0 amide bonds. The van der Waals surface area contributed by atoms with Gasteiger partial charge >= 0.3 is 0 Å². The van der Waals surface area contributed by atoms with E-state index in [0.717, 1.165) is 25.8 Å². The van der Waals surface area contributed by atoms with Gasteiger partial charge in [-0.3, -0.25) is 4.90 Å². The summed E-state index contributed by atoms with van der Waals surface area (Å²) in [6.07, 6.45) is 3.33. The van der Waals surface area contributed by atoms with Crippen LogP contribution in [0, 0.1) is 17.6 Å². The summed E-state index contributed by atoms with van der Waals surface area (Å²) in [7, 11) is 0. The van der Waals surface area contributed by atoms with E-state index in [1.54, 1.807) is 0 Å². The van der Waals surface area contributed by atoms with Crippen LogP contribution >= 0.6 is 0 Å². The Hall–Kier alpha value is -1.00.